The molecule has 0 radical (unpaired) electrons. The van der Waals surface area contributed by atoms with Crippen molar-refractivity contribution in [2.75, 3.05) is 18.5 Å². The highest BCUT2D eigenvalue weighted by atomic mass is 35.5. The van der Waals surface area contributed by atoms with E-state index >= 15 is 0 Å². The third kappa shape index (κ3) is 8.10. The molecule has 2 aromatic carbocycles. The number of carbonyl (C=O) groups excluding carboxylic acids is 1. The fourth-order valence-electron chi connectivity index (χ4n) is 2.47. The second kappa shape index (κ2) is 11.7. The third-order valence-corrected chi connectivity index (χ3v) is 4.63. The fraction of sp³-hybridized carbons (Fsp3) is 0.381. The molecule has 1 N–H and O–H groups in total. The van der Waals surface area contributed by atoms with Gasteiger partial charge in [0.15, 0.2) is 6.61 Å². The normalized spacial score (nSPS) is 10.5. The fourth-order valence-corrected chi connectivity index (χ4v) is 2.77. The van der Waals surface area contributed by atoms with Gasteiger partial charge in [-0.15, -0.1) is 0 Å². The molecule has 0 fully saturated rings. The third-order valence-electron chi connectivity index (χ3n) is 3.90. The van der Waals surface area contributed by atoms with Crippen LogP contribution < -0.4 is 14.8 Å². The first-order chi connectivity index (χ1) is 13.1. The Hall–Kier alpha value is -1.91. The number of hydrogen-bond donors (Lipinski definition) is 1. The molecule has 6 heteroatoms. The standard InChI is InChI=1S/C21H25Cl2NO3/c1-2-3-4-5-6-12-26-17-8-7-9-18(14-17)27-15-21(25)24-16-10-11-19(22)20(23)13-16/h7-11,13-14H,2-6,12,15H2,1H3,(H,24,25). The molecule has 0 spiro atoms. The zero-order chi connectivity index (χ0) is 19.5. The van der Waals surface area contributed by atoms with Gasteiger partial charge in [-0.2, -0.15) is 0 Å². The monoisotopic (exact) mass is 409 g/mol. The zero-order valence-electron chi connectivity index (χ0n) is 15.5. The molecule has 1 amide bonds. The van der Waals surface area contributed by atoms with Crippen LogP contribution in [0.25, 0.3) is 0 Å². The van der Waals surface area contributed by atoms with E-state index in [2.05, 4.69) is 12.2 Å². The number of nitrogens with one attached hydrogen (secondary N) is 1. The SMILES string of the molecule is CCCCCCCOc1cccc(OCC(=O)Nc2ccc(Cl)c(Cl)c2)c1. The van der Waals surface area contributed by atoms with Crippen molar-refractivity contribution in [2.45, 2.75) is 39.0 Å². The Morgan fingerprint density at radius 1 is 0.926 bits per heavy atom. The van der Waals surface area contributed by atoms with E-state index in [1.165, 1.54) is 25.7 Å². The van der Waals surface area contributed by atoms with E-state index in [1.807, 2.05) is 12.1 Å². The van der Waals surface area contributed by atoms with Gasteiger partial charge in [0.2, 0.25) is 0 Å². The Balaban J connectivity index is 1.74. The first-order valence-corrected chi connectivity index (χ1v) is 9.94. The van der Waals surface area contributed by atoms with Gasteiger partial charge >= 0.3 is 0 Å². The summed E-state index contributed by atoms with van der Waals surface area (Å²) in [6.45, 7) is 2.78. The van der Waals surface area contributed by atoms with E-state index in [0.717, 1.165) is 12.2 Å². The minimum atomic E-state index is -0.282. The first kappa shape index (κ1) is 21.4. The summed E-state index contributed by atoms with van der Waals surface area (Å²) in [6, 6.07) is 12.2. The summed E-state index contributed by atoms with van der Waals surface area (Å²) in [7, 11) is 0. The van der Waals surface area contributed by atoms with Gasteiger partial charge in [0.1, 0.15) is 11.5 Å². The Bertz CT molecular complexity index is 737. The smallest absolute Gasteiger partial charge is 0.262 e. The summed E-state index contributed by atoms with van der Waals surface area (Å²) in [5, 5.41) is 3.54. The lowest BCUT2D eigenvalue weighted by Crippen LogP contribution is -2.20. The highest BCUT2D eigenvalue weighted by Crippen LogP contribution is 2.25. The number of carbonyl (C=O) groups is 1. The van der Waals surface area contributed by atoms with Crippen LogP contribution in [0.15, 0.2) is 42.5 Å². The van der Waals surface area contributed by atoms with Gasteiger partial charge in [-0.25, -0.2) is 0 Å². The highest BCUT2D eigenvalue weighted by molar-refractivity contribution is 6.42. The first-order valence-electron chi connectivity index (χ1n) is 9.19. The molecule has 0 atom stereocenters. The van der Waals surface area contributed by atoms with Crippen molar-refractivity contribution < 1.29 is 14.3 Å². The van der Waals surface area contributed by atoms with Crippen LogP contribution >= 0.6 is 23.2 Å². The molecule has 0 bridgehead atoms. The summed E-state index contributed by atoms with van der Waals surface area (Å²) in [5.74, 6) is 1.05. The Kier molecular flexibility index (Phi) is 9.29. The summed E-state index contributed by atoms with van der Waals surface area (Å²) >= 11 is 11.8. The van der Waals surface area contributed by atoms with Crippen molar-refractivity contribution in [3.8, 4) is 11.5 Å². The van der Waals surface area contributed by atoms with Gasteiger partial charge in [0, 0.05) is 11.8 Å². The van der Waals surface area contributed by atoms with Gasteiger partial charge in [-0.3, -0.25) is 4.79 Å². The Morgan fingerprint density at radius 3 is 2.41 bits per heavy atom. The number of halogens is 2. The zero-order valence-corrected chi connectivity index (χ0v) is 17.0. The number of amides is 1. The van der Waals surface area contributed by atoms with Gasteiger partial charge in [-0.05, 0) is 36.8 Å². The molecule has 0 aliphatic rings. The van der Waals surface area contributed by atoms with Crippen LogP contribution in [0.5, 0.6) is 11.5 Å². The Labute approximate surface area is 170 Å². The average Bonchev–Trinajstić information content (AvgIpc) is 2.66. The molecule has 0 aromatic heterocycles. The van der Waals surface area contributed by atoms with Crippen LogP contribution in [0.1, 0.15) is 39.0 Å². The maximum atomic E-state index is 12.0. The predicted molar refractivity (Wildman–Crippen MR) is 111 cm³/mol. The number of benzene rings is 2. The van der Waals surface area contributed by atoms with Crippen LogP contribution in [-0.2, 0) is 4.79 Å². The predicted octanol–water partition coefficient (Wildman–Crippen LogP) is 6.36. The van der Waals surface area contributed by atoms with Gasteiger partial charge in [0.05, 0.1) is 16.7 Å². The van der Waals surface area contributed by atoms with Crippen LogP contribution in [-0.4, -0.2) is 19.1 Å². The number of rotatable bonds is 11. The molecule has 0 heterocycles. The summed E-state index contributed by atoms with van der Waals surface area (Å²) in [5.41, 5.74) is 0.568. The van der Waals surface area contributed by atoms with Crippen LogP contribution in [0.2, 0.25) is 10.0 Å². The van der Waals surface area contributed by atoms with Crippen molar-refractivity contribution in [2.24, 2.45) is 0 Å². The van der Waals surface area contributed by atoms with E-state index < -0.39 is 0 Å². The van der Waals surface area contributed by atoms with E-state index in [9.17, 15) is 4.79 Å². The topological polar surface area (TPSA) is 47.6 Å². The van der Waals surface area contributed by atoms with Crippen molar-refractivity contribution in [1.29, 1.82) is 0 Å². The molecule has 0 saturated heterocycles. The quantitative estimate of drug-likeness (QED) is 0.439. The molecular weight excluding hydrogens is 385 g/mol. The van der Waals surface area contributed by atoms with Crippen molar-refractivity contribution in [1.82, 2.24) is 0 Å². The number of ether oxygens (including phenoxy) is 2. The van der Waals surface area contributed by atoms with Crippen molar-refractivity contribution in [3.05, 3.63) is 52.5 Å². The largest absolute Gasteiger partial charge is 0.493 e. The van der Waals surface area contributed by atoms with E-state index in [1.54, 1.807) is 30.3 Å². The Morgan fingerprint density at radius 2 is 1.67 bits per heavy atom. The molecule has 0 aliphatic carbocycles. The maximum absolute atomic E-state index is 12.0. The highest BCUT2D eigenvalue weighted by Gasteiger charge is 2.06. The number of anilines is 1. The molecule has 0 aliphatic heterocycles. The minimum Gasteiger partial charge on any atom is -0.493 e. The van der Waals surface area contributed by atoms with E-state index in [0.29, 0.717) is 28.1 Å². The van der Waals surface area contributed by atoms with Crippen LogP contribution in [0.4, 0.5) is 5.69 Å². The molecule has 0 saturated carbocycles. The van der Waals surface area contributed by atoms with Gasteiger partial charge < -0.3 is 14.8 Å². The molecule has 2 aromatic rings. The molecule has 2 rings (SSSR count). The van der Waals surface area contributed by atoms with Crippen molar-refractivity contribution >= 4 is 34.8 Å². The lowest BCUT2D eigenvalue weighted by atomic mass is 10.2. The van der Waals surface area contributed by atoms with E-state index in [4.69, 9.17) is 32.7 Å². The summed E-state index contributed by atoms with van der Waals surface area (Å²) in [6.07, 6.45) is 5.97. The molecule has 0 unspecified atom stereocenters. The van der Waals surface area contributed by atoms with Gasteiger partial charge in [0.25, 0.3) is 5.91 Å². The number of hydrogen-bond acceptors (Lipinski definition) is 3. The second-order valence-electron chi connectivity index (χ2n) is 6.20. The van der Waals surface area contributed by atoms with Crippen LogP contribution in [0, 0.1) is 0 Å². The molecular formula is C21H25Cl2NO3. The molecule has 4 nitrogen and oxygen atoms in total. The van der Waals surface area contributed by atoms with Crippen molar-refractivity contribution in [3.63, 3.8) is 0 Å². The van der Waals surface area contributed by atoms with E-state index in [-0.39, 0.29) is 12.5 Å². The minimum absolute atomic E-state index is 0.110. The second-order valence-corrected chi connectivity index (χ2v) is 7.02. The molecule has 27 heavy (non-hydrogen) atoms. The van der Waals surface area contributed by atoms with Crippen LogP contribution in [0.3, 0.4) is 0 Å². The number of unbranched alkanes of at least 4 members (excludes halogenated alkanes) is 4. The van der Waals surface area contributed by atoms with Gasteiger partial charge in [-0.1, -0.05) is 61.9 Å². The molecule has 146 valence electrons. The summed E-state index contributed by atoms with van der Waals surface area (Å²) in [4.78, 5) is 12.0. The lowest BCUT2D eigenvalue weighted by molar-refractivity contribution is -0.118. The average molecular weight is 410 g/mol. The lowest BCUT2D eigenvalue weighted by Gasteiger charge is -2.10. The maximum Gasteiger partial charge on any atom is 0.262 e. The summed E-state index contributed by atoms with van der Waals surface area (Å²) < 4.78 is 11.3.